The first kappa shape index (κ1) is 25.1. The Balaban J connectivity index is 1.54. The highest BCUT2D eigenvalue weighted by atomic mass is 32.2. The molecule has 0 aliphatic carbocycles. The number of carbonyl (C=O) groups excluding carboxylic acids is 1. The molecule has 1 aliphatic heterocycles. The van der Waals surface area contributed by atoms with Crippen LogP contribution in [0, 0.1) is 5.92 Å². The first-order valence-corrected chi connectivity index (χ1v) is 13.2. The van der Waals surface area contributed by atoms with E-state index < -0.39 is 10.0 Å². The van der Waals surface area contributed by atoms with Crippen molar-refractivity contribution in [3.63, 3.8) is 0 Å². The van der Waals surface area contributed by atoms with Gasteiger partial charge in [-0.2, -0.15) is 4.31 Å². The molecule has 1 fully saturated rings. The summed E-state index contributed by atoms with van der Waals surface area (Å²) >= 11 is 0. The van der Waals surface area contributed by atoms with E-state index in [1.807, 2.05) is 48.5 Å². The number of amides is 1. The van der Waals surface area contributed by atoms with Gasteiger partial charge in [0.15, 0.2) is 0 Å². The average molecular weight is 470 g/mol. The second-order valence-corrected chi connectivity index (χ2v) is 10.1. The minimum atomic E-state index is -3.50. The molecule has 33 heavy (non-hydrogen) atoms. The van der Waals surface area contributed by atoms with E-state index in [1.54, 1.807) is 6.08 Å². The van der Waals surface area contributed by atoms with Crippen molar-refractivity contribution in [1.29, 1.82) is 0 Å². The van der Waals surface area contributed by atoms with E-state index in [1.165, 1.54) is 15.3 Å². The molecule has 3 rings (SSSR count). The molecule has 0 bridgehead atoms. The molecule has 1 heterocycles. The third-order valence-corrected chi connectivity index (χ3v) is 7.89. The molecule has 0 radical (unpaired) electrons. The third kappa shape index (κ3) is 7.00. The molecular formula is C26H35N3O3S. The zero-order chi connectivity index (χ0) is 23.7. The van der Waals surface area contributed by atoms with Crippen molar-refractivity contribution in [1.82, 2.24) is 14.5 Å². The molecule has 6 nitrogen and oxygen atoms in total. The van der Waals surface area contributed by atoms with Gasteiger partial charge < -0.3 is 5.32 Å². The minimum Gasteiger partial charge on any atom is -0.354 e. The van der Waals surface area contributed by atoms with Crippen LogP contribution in [0.15, 0.2) is 66.1 Å². The Morgan fingerprint density at radius 1 is 1.03 bits per heavy atom. The lowest BCUT2D eigenvalue weighted by Crippen LogP contribution is -2.44. The van der Waals surface area contributed by atoms with Gasteiger partial charge in [-0.25, -0.2) is 8.42 Å². The van der Waals surface area contributed by atoms with Crippen LogP contribution in [0.1, 0.15) is 43.9 Å². The van der Waals surface area contributed by atoms with E-state index in [0.29, 0.717) is 32.5 Å². The summed E-state index contributed by atoms with van der Waals surface area (Å²) in [6, 6.07) is 19.7. The molecule has 178 valence electrons. The fraction of sp³-hybridized carbons (Fsp3) is 0.423. The Morgan fingerprint density at radius 3 is 2.18 bits per heavy atom. The molecular weight excluding hydrogens is 434 g/mol. The quantitative estimate of drug-likeness (QED) is 0.573. The lowest BCUT2D eigenvalue weighted by Gasteiger charge is -2.32. The molecule has 1 amide bonds. The number of carbonyl (C=O) groups is 1. The van der Waals surface area contributed by atoms with Gasteiger partial charge >= 0.3 is 0 Å². The number of likely N-dealkylation sites (N-methyl/N-ethyl adjacent to an activating group) is 1. The Labute approximate surface area is 198 Å². The van der Waals surface area contributed by atoms with Gasteiger partial charge in [0.25, 0.3) is 0 Å². The molecule has 1 saturated heterocycles. The Kier molecular flexibility index (Phi) is 9.23. The Bertz CT molecular complexity index is 998. The fourth-order valence-electron chi connectivity index (χ4n) is 4.33. The fourth-order valence-corrected chi connectivity index (χ4v) is 5.55. The normalized spacial score (nSPS) is 16.8. The second-order valence-electron chi connectivity index (χ2n) is 8.32. The summed E-state index contributed by atoms with van der Waals surface area (Å²) in [5.74, 6) is -0.150. The summed E-state index contributed by atoms with van der Waals surface area (Å²) in [5.41, 5.74) is 2.03. The smallest absolute Gasteiger partial charge is 0.236 e. The van der Waals surface area contributed by atoms with Crippen LogP contribution in [-0.2, 0) is 14.8 Å². The van der Waals surface area contributed by atoms with Crippen LogP contribution in [0.5, 0.6) is 0 Å². The van der Waals surface area contributed by atoms with Crippen LogP contribution in [0.25, 0.3) is 6.08 Å². The van der Waals surface area contributed by atoms with Crippen molar-refractivity contribution >= 4 is 22.0 Å². The summed E-state index contributed by atoms with van der Waals surface area (Å²) in [6.07, 6.45) is 2.68. The highest BCUT2D eigenvalue weighted by Crippen LogP contribution is 2.23. The Morgan fingerprint density at radius 2 is 1.61 bits per heavy atom. The van der Waals surface area contributed by atoms with E-state index in [0.717, 1.165) is 18.7 Å². The number of rotatable bonds is 10. The van der Waals surface area contributed by atoms with Crippen LogP contribution in [-0.4, -0.2) is 56.3 Å². The van der Waals surface area contributed by atoms with Crippen molar-refractivity contribution in [2.24, 2.45) is 5.92 Å². The van der Waals surface area contributed by atoms with Crippen molar-refractivity contribution < 1.29 is 13.2 Å². The molecule has 7 heteroatoms. The number of piperidine rings is 1. The molecule has 0 spiro atoms. The van der Waals surface area contributed by atoms with Gasteiger partial charge in [-0.3, -0.25) is 9.69 Å². The van der Waals surface area contributed by atoms with Crippen molar-refractivity contribution in [2.45, 2.75) is 32.7 Å². The van der Waals surface area contributed by atoms with Gasteiger partial charge in [0, 0.05) is 31.0 Å². The highest BCUT2D eigenvalue weighted by Gasteiger charge is 2.30. The summed E-state index contributed by atoms with van der Waals surface area (Å²) in [7, 11) is -3.50. The summed E-state index contributed by atoms with van der Waals surface area (Å²) < 4.78 is 26.8. The lowest BCUT2D eigenvalue weighted by molar-refractivity contribution is -0.126. The van der Waals surface area contributed by atoms with Crippen LogP contribution in [0.4, 0.5) is 0 Å². The first-order chi connectivity index (χ1) is 15.9. The van der Waals surface area contributed by atoms with Crippen LogP contribution < -0.4 is 5.32 Å². The number of hydrogen-bond acceptors (Lipinski definition) is 4. The molecule has 1 atom stereocenters. The maximum Gasteiger partial charge on any atom is 0.236 e. The summed E-state index contributed by atoms with van der Waals surface area (Å²) in [4.78, 5) is 15.2. The third-order valence-electron chi connectivity index (χ3n) is 6.32. The summed E-state index contributed by atoms with van der Waals surface area (Å²) in [6.45, 7) is 7.32. The molecule has 1 N–H and O–H groups in total. The molecule has 1 aliphatic rings. The predicted octanol–water partition coefficient (Wildman–Crippen LogP) is 3.90. The van der Waals surface area contributed by atoms with Crippen molar-refractivity contribution in [3.8, 4) is 0 Å². The van der Waals surface area contributed by atoms with Gasteiger partial charge in [-0.1, -0.05) is 74.5 Å². The van der Waals surface area contributed by atoms with Gasteiger partial charge in [-0.15, -0.1) is 0 Å². The van der Waals surface area contributed by atoms with Crippen LogP contribution >= 0.6 is 0 Å². The largest absolute Gasteiger partial charge is 0.354 e. The van der Waals surface area contributed by atoms with Crippen molar-refractivity contribution in [2.75, 3.05) is 32.7 Å². The standard InChI is InChI=1S/C26H35N3O3S/c1-3-28(4-2)25(23-13-9-6-10-14-23)21-27-26(30)24-15-18-29(19-16-24)33(31,32)20-17-22-11-7-5-8-12-22/h5-14,17,20,24-25H,3-4,15-16,18-19,21H2,1-2H3,(H,27,30)/b20-17+. The van der Waals surface area contributed by atoms with Gasteiger partial charge in [-0.05, 0) is 43.1 Å². The van der Waals surface area contributed by atoms with E-state index in [4.69, 9.17) is 0 Å². The maximum atomic E-state index is 12.9. The second kappa shape index (κ2) is 12.1. The Hall–Kier alpha value is -2.48. The lowest BCUT2D eigenvalue weighted by atomic mass is 9.97. The topological polar surface area (TPSA) is 69.7 Å². The molecule has 0 aromatic heterocycles. The predicted molar refractivity (Wildman–Crippen MR) is 134 cm³/mol. The molecule has 2 aromatic carbocycles. The average Bonchev–Trinajstić information content (AvgIpc) is 2.86. The maximum absolute atomic E-state index is 12.9. The van der Waals surface area contributed by atoms with Gasteiger partial charge in [0.1, 0.15) is 0 Å². The van der Waals surface area contributed by atoms with Crippen molar-refractivity contribution in [3.05, 3.63) is 77.2 Å². The number of nitrogens with zero attached hydrogens (tertiary/aromatic N) is 2. The number of nitrogens with one attached hydrogen (secondary N) is 1. The summed E-state index contributed by atoms with van der Waals surface area (Å²) in [5, 5.41) is 4.40. The highest BCUT2D eigenvalue weighted by molar-refractivity contribution is 7.92. The number of sulfonamides is 1. The molecule has 1 unspecified atom stereocenters. The number of hydrogen-bond donors (Lipinski definition) is 1. The van der Waals surface area contributed by atoms with E-state index in [9.17, 15) is 13.2 Å². The van der Waals surface area contributed by atoms with Gasteiger partial charge in [0.2, 0.25) is 15.9 Å². The van der Waals surface area contributed by atoms with Crippen LogP contribution in [0.2, 0.25) is 0 Å². The zero-order valence-electron chi connectivity index (χ0n) is 19.6. The molecule has 2 aromatic rings. The first-order valence-electron chi connectivity index (χ1n) is 11.7. The van der Waals surface area contributed by atoms with Crippen LogP contribution in [0.3, 0.4) is 0 Å². The van der Waals surface area contributed by atoms with Gasteiger partial charge in [0.05, 0.1) is 6.04 Å². The van der Waals surface area contributed by atoms with E-state index >= 15 is 0 Å². The number of benzene rings is 2. The van der Waals surface area contributed by atoms with E-state index in [-0.39, 0.29) is 17.9 Å². The zero-order valence-corrected chi connectivity index (χ0v) is 20.4. The minimum absolute atomic E-state index is 0.0139. The monoisotopic (exact) mass is 469 g/mol. The van der Waals surface area contributed by atoms with E-state index in [2.05, 4.69) is 36.2 Å². The SMILES string of the molecule is CCN(CC)C(CNC(=O)C1CCN(S(=O)(=O)/C=C/c2ccccc2)CC1)c1ccccc1. The molecule has 0 saturated carbocycles.